The Morgan fingerprint density at radius 3 is 2.62 bits per heavy atom. The van der Waals surface area contributed by atoms with Crippen LogP contribution in [0.3, 0.4) is 0 Å². The molecule has 0 radical (unpaired) electrons. The molecule has 0 unspecified atom stereocenters. The summed E-state index contributed by atoms with van der Waals surface area (Å²) in [6.45, 7) is 0. The average Bonchev–Trinajstić information content (AvgIpc) is 2.27. The zero-order valence-corrected chi connectivity index (χ0v) is 9.63. The van der Waals surface area contributed by atoms with Crippen LogP contribution < -0.4 is 11.1 Å². The lowest BCUT2D eigenvalue weighted by atomic mass is 10.3. The maximum Gasteiger partial charge on any atom is 0.173 e. The number of anilines is 3. The van der Waals surface area contributed by atoms with Crippen LogP contribution in [0.2, 0.25) is 10.0 Å². The first-order valence-corrected chi connectivity index (χ1v) is 5.21. The van der Waals surface area contributed by atoms with Gasteiger partial charge in [-0.05, 0) is 18.2 Å². The number of nitrogen functional groups attached to an aromatic ring is 1. The Hall–Kier alpha value is -1.52. The smallest absolute Gasteiger partial charge is 0.173 e. The van der Waals surface area contributed by atoms with Crippen LogP contribution in [0.4, 0.5) is 17.3 Å². The molecule has 4 nitrogen and oxygen atoms in total. The maximum absolute atomic E-state index is 5.99. The number of hydrogen-bond acceptors (Lipinski definition) is 4. The molecule has 0 atom stereocenters. The Morgan fingerprint density at radius 1 is 1.12 bits per heavy atom. The summed E-state index contributed by atoms with van der Waals surface area (Å²) in [6.07, 6.45) is 3.05. The quantitative estimate of drug-likeness (QED) is 0.865. The van der Waals surface area contributed by atoms with Gasteiger partial charge in [-0.2, -0.15) is 0 Å². The largest absolute Gasteiger partial charge is 0.381 e. The van der Waals surface area contributed by atoms with Crippen molar-refractivity contribution in [3.63, 3.8) is 0 Å². The van der Waals surface area contributed by atoms with Crippen LogP contribution in [-0.4, -0.2) is 9.97 Å². The van der Waals surface area contributed by atoms with Crippen molar-refractivity contribution < 1.29 is 0 Å². The third kappa shape index (κ3) is 2.35. The van der Waals surface area contributed by atoms with Gasteiger partial charge in [-0.1, -0.05) is 23.2 Å². The number of nitrogens with two attached hydrogens (primary N) is 1. The SMILES string of the molecule is Nc1nccnc1Nc1cc(Cl)ccc1Cl. The van der Waals surface area contributed by atoms with Gasteiger partial charge >= 0.3 is 0 Å². The van der Waals surface area contributed by atoms with Gasteiger partial charge in [-0.25, -0.2) is 9.97 Å². The van der Waals surface area contributed by atoms with Crippen LogP contribution in [0.15, 0.2) is 30.6 Å². The van der Waals surface area contributed by atoms with E-state index < -0.39 is 0 Å². The number of nitrogens with one attached hydrogen (secondary N) is 1. The Kier molecular flexibility index (Phi) is 3.12. The minimum Gasteiger partial charge on any atom is -0.381 e. The van der Waals surface area contributed by atoms with Crippen LogP contribution in [0.5, 0.6) is 0 Å². The summed E-state index contributed by atoms with van der Waals surface area (Å²) in [5.41, 5.74) is 6.28. The van der Waals surface area contributed by atoms with Crippen molar-refractivity contribution in [1.29, 1.82) is 0 Å². The van der Waals surface area contributed by atoms with E-state index in [1.165, 1.54) is 12.4 Å². The molecule has 0 spiro atoms. The van der Waals surface area contributed by atoms with Gasteiger partial charge in [0.15, 0.2) is 11.6 Å². The van der Waals surface area contributed by atoms with E-state index >= 15 is 0 Å². The minimum atomic E-state index is 0.304. The van der Waals surface area contributed by atoms with Gasteiger partial charge in [0.25, 0.3) is 0 Å². The second-order valence-electron chi connectivity index (χ2n) is 3.04. The zero-order chi connectivity index (χ0) is 11.5. The molecule has 2 aromatic rings. The fourth-order valence-electron chi connectivity index (χ4n) is 1.17. The summed E-state index contributed by atoms with van der Waals surface area (Å²) < 4.78 is 0. The summed E-state index contributed by atoms with van der Waals surface area (Å²) in [4.78, 5) is 7.95. The van der Waals surface area contributed by atoms with E-state index in [1.807, 2.05) is 0 Å². The number of aromatic nitrogens is 2. The van der Waals surface area contributed by atoms with Gasteiger partial charge < -0.3 is 11.1 Å². The van der Waals surface area contributed by atoms with E-state index in [2.05, 4.69) is 15.3 Å². The molecule has 0 aliphatic rings. The molecule has 1 heterocycles. The molecule has 0 bridgehead atoms. The van der Waals surface area contributed by atoms with Gasteiger partial charge in [-0.15, -0.1) is 0 Å². The molecule has 0 amide bonds. The molecular weight excluding hydrogens is 247 g/mol. The highest BCUT2D eigenvalue weighted by Gasteiger charge is 2.05. The topological polar surface area (TPSA) is 63.8 Å². The Bertz CT molecular complexity index is 516. The molecule has 0 aliphatic heterocycles. The minimum absolute atomic E-state index is 0.304. The highest BCUT2D eigenvalue weighted by Crippen LogP contribution is 2.28. The molecule has 1 aromatic carbocycles. The molecule has 0 saturated heterocycles. The van der Waals surface area contributed by atoms with E-state index in [0.29, 0.717) is 27.4 Å². The van der Waals surface area contributed by atoms with E-state index in [4.69, 9.17) is 28.9 Å². The monoisotopic (exact) mass is 254 g/mol. The third-order valence-electron chi connectivity index (χ3n) is 1.91. The summed E-state index contributed by atoms with van der Waals surface area (Å²) in [6, 6.07) is 5.09. The Balaban J connectivity index is 2.34. The Labute approximate surface area is 102 Å². The predicted octanol–water partition coefficient (Wildman–Crippen LogP) is 3.11. The van der Waals surface area contributed by atoms with Crippen LogP contribution >= 0.6 is 23.2 Å². The molecule has 0 saturated carbocycles. The van der Waals surface area contributed by atoms with Crippen LogP contribution in [0.25, 0.3) is 0 Å². The molecule has 0 aliphatic carbocycles. The molecule has 16 heavy (non-hydrogen) atoms. The zero-order valence-electron chi connectivity index (χ0n) is 8.11. The van der Waals surface area contributed by atoms with Gasteiger partial charge in [0.1, 0.15) is 0 Å². The molecule has 6 heteroatoms. The first kappa shape index (κ1) is 11.0. The van der Waals surface area contributed by atoms with Crippen LogP contribution in [0, 0.1) is 0 Å². The fraction of sp³-hybridized carbons (Fsp3) is 0. The summed E-state index contributed by atoms with van der Waals surface area (Å²) in [7, 11) is 0. The van der Waals surface area contributed by atoms with Gasteiger partial charge in [0.05, 0.1) is 10.7 Å². The summed E-state index contributed by atoms with van der Waals surface area (Å²) >= 11 is 11.8. The fourth-order valence-corrected chi connectivity index (χ4v) is 1.50. The third-order valence-corrected chi connectivity index (χ3v) is 2.47. The van der Waals surface area contributed by atoms with Crippen molar-refractivity contribution >= 4 is 40.5 Å². The first-order chi connectivity index (χ1) is 7.66. The molecule has 1 aromatic heterocycles. The van der Waals surface area contributed by atoms with Crippen LogP contribution in [0.1, 0.15) is 0 Å². The molecule has 2 rings (SSSR count). The second-order valence-corrected chi connectivity index (χ2v) is 3.88. The number of nitrogens with zero attached hydrogens (tertiary/aromatic N) is 2. The second kappa shape index (κ2) is 4.55. The lowest BCUT2D eigenvalue weighted by molar-refractivity contribution is 1.21. The standard InChI is InChI=1S/C10H8Cl2N4/c11-6-1-2-7(12)8(5-6)16-10-9(13)14-3-4-15-10/h1-5H,(H2,13,14)(H,15,16). The average molecular weight is 255 g/mol. The molecular formula is C10H8Cl2N4. The first-order valence-electron chi connectivity index (χ1n) is 4.45. The lowest BCUT2D eigenvalue weighted by Gasteiger charge is -2.08. The van der Waals surface area contributed by atoms with Crippen molar-refractivity contribution in [2.75, 3.05) is 11.1 Å². The van der Waals surface area contributed by atoms with Gasteiger partial charge in [0, 0.05) is 17.4 Å². The number of rotatable bonds is 2. The summed E-state index contributed by atoms with van der Waals surface area (Å²) in [5.74, 6) is 0.755. The van der Waals surface area contributed by atoms with Crippen molar-refractivity contribution in [3.05, 3.63) is 40.6 Å². The van der Waals surface area contributed by atoms with Crippen molar-refractivity contribution in [2.24, 2.45) is 0 Å². The lowest BCUT2D eigenvalue weighted by Crippen LogP contribution is -2.01. The van der Waals surface area contributed by atoms with Gasteiger partial charge in [0.2, 0.25) is 0 Å². The highest BCUT2D eigenvalue weighted by molar-refractivity contribution is 6.35. The van der Waals surface area contributed by atoms with E-state index in [0.717, 1.165) is 0 Å². The number of halogens is 2. The van der Waals surface area contributed by atoms with E-state index in [-0.39, 0.29) is 0 Å². The molecule has 3 N–H and O–H groups in total. The Morgan fingerprint density at radius 2 is 1.88 bits per heavy atom. The predicted molar refractivity (Wildman–Crippen MR) is 66.2 cm³/mol. The van der Waals surface area contributed by atoms with E-state index in [9.17, 15) is 0 Å². The van der Waals surface area contributed by atoms with Crippen molar-refractivity contribution in [2.45, 2.75) is 0 Å². The number of benzene rings is 1. The van der Waals surface area contributed by atoms with Crippen molar-refractivity contribution in [1.82, 2.24) is 9.97 Å². The van der Waals surface area contributed by atoms with Crippen LogP contribution in [-0.2, 0) is 0 Å². The summed E-state index contributed by atoms with van der Waals surface area (Å²) in [5, 5.41) is 4.08. The van der Waals surface area contributed by atoms with Crippen molar-refractivity contribution in [3.8, 4) is 0 Å². The normalized spacial score (nSPS) is 10.1. The maximum atomic E-state index is 5.99. The highest BCUT2D eigenvalue weighted by atomic mass is 35.5. The van der Waals surface area contributed by atoms with Gasteiger partial charge in [-0.3, -0.25) is 0 Å². The molecule has 0 fully saturated rings. The van der Waals surface area contributed by atoms with E-state index in [1.54, 1.807) is 18.2 Å². The molecule has 82 valence electrons. The number of hydrogen-bond donors (Lipinski definition) is 2.